The van der Waals surface area contributed by atoms with Crippen LogP contribution in [0, 0.1) is 0 Å². The third-order valence-corrected chi connectivity index (χ3v) is 3.26. The van der Waals surface area contributed by atoms with Crippen molar-refractivity contribution in [3.63, 3.8) is 0 Å². The van der Waals surface area contributed by atoms with Gasteiger partial charge in [-0.05, 0) is 51.6 Å². The van der Waals surface area contributed by atoms with Gasteiger partial charge < -0.3 is 14.7 Å². The summed E-state index contributed by atoms with van der Waals surface area (Å²) in [6.07, 6.45) is 3.42. The molecule has 20 heavy (non-hydrogen) atoms. The summed E-state index contributed by atoms with van der Waals surface area (Å²) in [6, 6.07) is 7.75. The smallest absolute Gasteiger partial charge is 0.119 e. The van der Waals surface area contributed by atoms with Crippen LogP contribution in [0.3, 0.4) is 0 Å². The maximum absolute atomic E-state index is 10.2. The fraction of sp³-hybridized carbons (Fsp3) is 0.647. The molecule has 0 aromatic heterocycles. The summed E-state index contributed by atoms with van der Waals surface area (Å²) in [5.41, 5.74) is 0.948. The minimum absolute atomic E-state index is 0.176. The minimum Gasteiger partial charge on any atom is -0.491 e. The fourth-order valence-corrected chi connectivity index (χ4v) is 2.16. The summed E-state index contributed by atoms with van der Waals surface area (Å²) in [5, 5.41) is 10.2. The van der Waals surface area contributed by atoms with E-state index in [4.69, 9.17) is 4.74 Å². The van der Waals surface area contributed by atoms with Crippen LogP contribution in [0.2, 0.25) is 0 Å². The molecule has 0 aliphatic carbocycles. The van der Waals surface area contributed by atoms with Crippen LogP contribution in [0.1, 0.15) is 51.7 Å². The van der Waals surface area contributed by atoms with Gasteiger partial charge in [0.05, 0.1) is 12.2 Å². The van der Waals surface area contributed by atoms with Gasteiger partial charge in [-0.15, -0.1) is 0 Å². The molecule has 3 nitrogen and oxygen atoms in total. The third-order valence-electron chi connectivity index (χ3n) is 3.26. The molecule has 1 N–H and O–H groups in total. The SMILES string of the molecule is CCCCCN(C)CC(O)c1ccc(OC(C)C)cc1. The van der Waals surface area contributed by atoms with E-state index in [0.717, 1.165) is 17.9 Å². The van der Waals surface area contributed by atoms with Crippen molar-refractivity contribution in [2.24, 2.45) is 0 Å². The van der Waals surface area contributed by atoms with Crippen molar-refractivity contribution in [2.75, 3.05) is 20.1 Å². The van der Waals surface area contributed by atoms with Crippen molar-refractivity contribution in [3.05, 3.63) is 29.8 Å². The number of rotatable bonds is 9. The number of ether oxygens (including phenoxy) is 1. The Hall–Kier alpha value is -1.06. The van der Waals surface area contributed by atoms with Crippen molar-refractivity contribution in [1.29, 1.82) is 0 Å². The van der Waals surface area contributed by atoms with Crippen molar-refractivity contribution in [2.45, 2.75) is 52.2 Å². The highest BCUT2D eigenvalue weighted by molar-refractivity contribution is 5.28. The van der Waals surface area contributed by atoms with Crippen LogP contribution in [0.25, 0.3) is 0 Å². The molecule has 0 fully saturated rings. The minimum atomic E-state index is -0.435. The maximum atomic E-state index is 10.2. The van der Waals surface area contributed by atoms with Gasteiger partial charge in [0, 0.05) is 6.54 Å². The number of hydrogen-bond acceptors (Lipinski definition) is 3. The zero-order valence-corrected chi connectivity index (χ0v) is 13.3. The van der Waals surface area contributed by atoms with Gasteiger partial charge in [0.25, 0.3) is 0 Å². The van der Waals surface area contributed by atoms with Crippen molar-refractivity contribution in [1.82, 2.24) is 4.90 Å². The lowest BCUT2D eigenvalue weighted by Gasteiger charge is -2.21. The molecule has 114 valence electrons. The highest BCUT2D eigenvalue weighted by Crippen LogP contribution is 2.19. The molecule has 1 aromatic carbocycles. The van der Waals surface area contributed by atoms with E-state index in [2.05, 4.69) is 18.9 Å². The molecular formula is C17H29NO2. The summed E-state index contributed by atoms with van der Waals surface area (Å²) < 4.78 is 5.60. The molecule has 3 heteroatoms. The summed E-state index contributed by atoms with van der Waals surface area (Å²) in [5.74, 6) is 0.854. The van der Waals surface area contributed by atoms with Crippen molar-refractivity contribution < 1.29 is 9.84 Å². The first-order chi connectivity index (χ1) is 9.52. The zero-order valence-electron chi connectivity index (χ0n) is 13.3. The Kier molecular flexibility index (Phi) is 7.63. The third kappa shape index (κ3) is 6.40. The fourth-order valence-electron chi connectivity index (χ4n) is 2.16. The van der Waals surface area contributed by atoms with Crippen LogP contribution >= 0.6 is 0 Å². The molecule has 0 aliphatic heterocycles. The molecule has 0 saturated carbocycles. The number of aliphatic hydroxyl groups excluding tert-OH is 1. The largest absolute Gasteiger partial charge is 0.491 e. The van der Waals surface area contributed by atoms with Crippen LogP contribution in [-0.2, 0) is 0 Å². The molecule has 0 aliphatic rings. The van der Waals surface area contributed by atoms with Gasteiger partial charge in [-0.25, -0.2) is 0 Å². The van der Waals surface area contributed by atoms with Gasteiger partial charge in [-0.3, -0.25) is 0 Å². The molecule has 1 unspecified atom stereocenters. The van der Waals surface area contributed by atoms with E-state index < -0.39 is 6.10 Å². The first kappa shape index (κ1) is 17.0. The van der Waals surface area contributed by atoms with E-state index in [-0.39, 0.29) is 6.10 Å². The van der Waals surface area contributed by atoms with E-state index in [1.807, 2.05) is 38.1 Å². The first-order valence-corrected chi connectivity index (χ1v) is 7.66. The normalized spacial score (nSPS) is 12.9. The molecule has 0 amide bonds. The predicted molar refractivity (Wildman–Crippen MR) is 84.2 cm³/mol. The molecule has 0 bridgehead atoms. The molecule has 0 saturated heterocycles. The topological polar surface area (TPSA) is 32.7 Å². The van der Waals surface area contributed by atoms with Crippen molar-refractivity contribution >= 4 is 0 Å². The van der Waals surface area contributed by atoms with E-state index in [1.54, 1.807) is 0 Å². The second-order valence-electron chi connectivity index (χ2n) is 5.72. The molecule has 1 rings (SSSR count). The maximum Gasteiger partial charge on any atom is 0.119 e. The monoisotopic (exact) mass is 279 g/mol. The molecule has 1 aromatic rings. The molecule has 1 atom stereocenters. The number of unbranched alkanes of at least 4 members (excludes halogenated alkanes) is 2. The summed E-state index contributed by atoms with van der Waals surface area (Å²) in [6.45, 7) is 7.94. The van der Waals surface area contributed by atoms with E-state index in [1.165, 1.54) is 19.3 Å². The summed E-state index contributed by atoms with van der Waals surface area (Å²) in [4.78, 5) is 2.19. The Balaban J connectivity index is 2.44. The van der Waals surface area contributed by atoms with Gasteiger partial charge in [0.15, 0.2) is 0 Å². The molecular weight excluding hydrogens is 250 g/mol. The van der Waals surface area contributed by atoms with Crippen LogP contribution in [0.4, 0.5) is 0 Å². The highest BCUT2D eigenvalue weighted by atomic mass is 16.5. The van der Waals surface area contributed by atoms with E-state index in [9.17, 15) is 5.11 Å². The van der Waals surface area contributed by atoms with Gasteiger partial charge >= 0.3 is 0 Å². The van der Waals surface area contributed by atoms with Crippen LogP contribution in [-0.4, -0.2) is 36.2 Å². The molecule has 0 radical (unpaired) electrons. The Labute approximate surface area is 123 Å². The lowest BCUT2D eigenvalue weighted by molar-refractivity contribution is 0.126. The number of hydrogen-bond donors (Lipinski definition) is 1. The molecule has 0 spiro atoms. The zero-order chi connectivity index (χ0) is 15.0. The van der Waals surface area contributed by atoms with E-state index in [0.29, 0.717) is 6.54 Å². The van der Waals surface area contributed by atoms with Gasteiger partial charge in [0.2, 0.25) is 0 Å². The average molecular weight is 279 g/mol. The molecule has 0 heterocycles. The number of likely N-dealkylation sites (N-methyl/N-ethyl adjacent to an activating group) is 1. The Morgan fingerprint density at radius 1 is 1.15 bits per heavy atom. The average Bonchev–Trinajstić information content (AvgIpc) is 2.39. The Morgan fingerprint density at radius 2 is 1.80 bits per heavy atom. The van der Waals surface area contributed by atoms with Crippen LogP contribution in [0.15, 0.2) is 24.3 Å². The second-order valence-corrected chi connectivity index (χ2v) is 5.72. The van der Waals surface area contributed by atoms with Gasteiger partial charge in [0.1, 0.15) is 5.75 Å². The highest BCUT2D eigenvalue weighted by Gasteiger charge is 2.10. The van der Waals surface area contributed by atoms with E-state index >= 15 is 0 Å². The van der Waals surface area contributed by atoms with Gasteiger partial charge in [-0.2, -0.15) is 0 Å². The summed E-state index contributed by atoms with van der Waals surface area (Å²) in [7, 11) is 2.06. The van der Waals surface area contributed by atoms with Crippen molar-refractivity contribution in [3.8, 4) is 5.75 Å². The number of aliphatic hydroxyl groups is 1. The quantitative estimate of drug-likeness (QED) is 0.701. The summed E-state index contributed by atoms with van der Waals surface area (Å²) >= 11 is 0. The number of benzene rings is 1. The predicted octanol–water partition coefficient (Wildman–Crippen LogP) is 3.63. The first-order valence-electron chi connectivity index (χ1n) is 7.66. The lowest BCUT2D eigenvalue weighted by Crippen LogP contribution is -2.25. The lowest BCUT2D eigenvalue weighted by atomic mass is 10.1. The standard InChI is InChI=1S/C17H29NO2/c1-5-6-7-12-18(4)13-17(19)15-8-10-16(11-9-15)20-14(2)3/h8-11,14,17,19H,5-7,12-13H2,1-4H3. The van der Waals surface area contributed by atoms with Gasteiger partial charge in [-0.1, -0.05) is 31.9 Å². The Bertz CT molecular complexity index is 362. The van der Waals surface area contributed by atoms with Crippen LogP contribution < -0.4 is 4.74 Å². The number of nitrogens with zero attached hydrogens (tertiary/aromatic N) is 1. The van der Waals surface area contributed by atoms with Crippen LogP contribution in [0.5, 0.6) is 5.75 Å². The Morgan fingerprint density at radius 3 is 2.35 bits per heavy atom. The second kappa shape index (κ2) is 8.98.